The quantitative estimate of drug-likeness (QED) is 0.617. The van der Waals surface area contributed by atoms with Crippen molar-refractivity contribution in [2.75, 3.05) is 5.73 Å². The molecule has 2 rings (SSSR count). The topological polar surface area (TPSA) is 26.0 Å². The first-order valence-electron chi connectivity index (χ1n) is 5.18. The summed E-state index contributed by atoms with van der Waals surface area (Å²) in [5, 5.41) is 0.579. The third-order valence-corrected chi connectivity index (χ3v) is 4.76. The average molecular weight is 347 g/mol. The molecule has 0 aliphatic rings. The molecule has 0 spiro atoms. The van der Waals surface area contributed by atoms with Crippen LogP contribution in [0, 0.1) is 5.82 Å². The number of hydrogen-bond donors (Lipinski definition) is 1. The largest absolute Gasteiger partial charge is 0.399 e. The normalized spacial score (nSPS) is 10.6. The molecule has 0 aliphatic carbocycles. The standard InChI is InChI=1S/C13H10BrClFNS/c14-11-6-10(17)2-4-13(11)18-7-8-5-9(16)1-3-12(8)15/h1-6H,7,17H2. The zero-order chi connectivity index (χ0) is 13.1. The minimum absolute atomic E-state index is 0.272. The van der Waals surface area contributed by atoms with Gasteiger partial charge >= 0.3 is 0 Å². The lowest BCUT2D eigenvalue weighted by Crippen LogP contribution is -1.87. The summed E-state index contributed by atoms with van der Waals surface area (Å²) in [5.74, 6) is 0.338. The molecule has 0 aliphatic heterocycles. The number of nitrogen functional groups attached to an aromatic ring is 1. The molecule has 94 valence electrons. The van der Waals surface area contributed by atoms with Gasteiger partial charge in [0, 0.05) is 25.8 Å². The smallest absolute Gasteiger partial charge is 0.123 e. The number of nitrogens with two attached hydrogens (primary N) is 1. The highest BCUT2D eigenvalue weighted by Crippen LogP contribution is 2.33. The van der Waals surface area contributed by atoms with Gasteiger partial charge in [0.05, 0.1) is 0 Å². The monoisotopic (exact) mass is 345 g/mol. The van der Waals surface area contributed by atoms with Crippen molar-refractivity contribution in [2.45, 2.75) is 10.6 Å². The van der Waals surface area contributed by atoms with Crippen molar-refractivity contribution in [1.82, 2.24) is 0 Å². The first kappa shape index (κ1) is 13.7. The lowest BCUT2D eigenvalue weighted by atomic mass is 10.2. The Morgan fingerprint density at radius 1 is 1.22 bits per heavy atom. The van der Waals surface area contributed by atoms with Crippen LogP contribution in [0.15, 0.2) is 45.8 Å². The number of thioether (sulfide) groups is 1. The lowest BCUT2D eigenvalue weighted by Gasteiger charge is -2.07. The van der Waals surface area contributed by atoms with Crippen LogP contribution in [0.2, 0.25) is 5.02 Å². The molecular formula is C13H10BrClFNS. The van der Waals surface area contributed by atoms with Crippen LogP contribution in [0.5, 0.6) is 0 Å². The van der Waals surface area contributed by atoms with E-state index >= 15 is 0 Å². The molecule has 0 radical (unpaired) electrons. The Hall–Kier alpha value is -0.710. The van der Waals surface area contributed by atoms with Crippen LogP contribution in [-0.4, -0.2) is 0 Å². The number of halogens is 3. The van der Waals surface area contributed by atoms with Crippen LogP contribution in [-0.2, 0) is 5.75 Å². The van der Waals surface area contributed by atoms with Crippen LogP contribution in [0.1, 0.15) is 5.56 Å². The summed E-state index contributed by atoms with van der Waals surface area (Å²) < 4.78 is 14.0. The maximum atomic E-state index is 13.1. The Labute approximate surface area is 123 Å². The summed E-state index contributed by atoms with van der Waals surface area (Å²) in [6.07, 6.45) is 0. The van der Waals surface area contributed by atoms with Gasteiger partial charge in [-0.05, 0) is 57.9 Å². The Bertz CT molecular complexity index is 577. The van der Waals surface area contributed by atoms with Crippen molar-refractivity contribution < 1.29 is 4.39 Å². The summed E-state index contributed by atoms with van der Waals surface area (Å²) in [6.45, 7) is 0. The van der Waals surface area contributed by atoms with Gasteiger partial charge in [-0.2, -0.15) is 0 Å². The van der Waals surface area contributed by atoms with Crippen LogP contribution in [0.4, 0.5) is 10.1 Å². The van der Waals surface area contributed by atoms with Gasteiger partial charge in [-0.1, -0.05) is 11.6 Å². The molecule has 0 heterocycles. The molecule has 2 aromatic carbocycles. The minimum Gasteiger partial charge on any atom is -0.399 e. The predicted octanol–water partition coefficient (Wildman–Crippen LogP) is 5.12. The van der Waals surface area contributed by atoms with Gasteiger partial charge in [0.15, 0.2) is 0 Å². The molecule has 1 nitrogen and oxygen atoms in total. The third-order valence-electron chi connectivity index (χ3n) is 2.35. The number of benzene rings is 2. The van der Waals surface area contributed by atoms with Crippen molar-refractivity contribution in [3.05, 3.63) is 57.3 Å². The van der Waals surface area contributed by atoms with E-state index in [0.717, 1.165) is 14.9 Å². The van der Waals surface area contributed by atoms with Crippen molar-refractivity contribution in [1.29, 1.82) is 0 Å². The van der Waals surface area contributed by atoms with E-state index in [1.165, 1.54) is 12.1 Å². The molecule has 2 aromatic rings. The first-order valence-corrected chi connectivity index (χ1v) is 7.33. The van der Waals surface area contributed by atoms with Crippen LogP contribution in [0.25, 0.3) is 0 Å². The van der Waals surface area contributed by atoms with Crippen LogP contribution >= 0.6 is 39.3 Å². The second-order valence-corrected chi connectivity index (χ2v) is 5.99. The Kier molecular flexibility index (Phi) is 4.54. The molecule has 0 atom stereocenters. The molecule has 5 heteroatoms. The Morgan fingerprint density at radius 3 is 2.72 bits per heavy atom. The van der Waals surface area contributed by atoms with Gasteiger partial charge in [-0.25, -0.2) is 4.39 Å². The maximum absolute atomic E-state index is 13.1. The van der Waals surface area contributed by atoms with E-state index in [2.05, 4.69) is 15.9 Å². The second-order valence-electron chi connectivity index (χ2n) is 3.71. The zero-order valence-corrected chi connectivity index (χ0v) is 12.4. The highest BCUT2D eigenvalue weighted by Gasteiger charge is 2.05. The van der Waals surface area contributed by atoms with E-state index < -0.39 is 0 Å². The third kappa shape index (κ3) is 3.40. The highest BCUT2D eigenvalue weighted by molar-refractivity contribution is 9.10. The van der Waals surface area contributed by atoms with Crippen molar-refractivity contribution in [3.63, 3.8) is 0 Å². The van der Waals surface area contributed by atoms with Crippen molar-refractivity contribution in [3.8, 4) is 0 Å². The fourth-order valence-electron chi connectivity index (χ4n) is 1.44. The molecular weight excluding hydrogens is 337 g/mol. The molecule has 0 amide bonds. The Morgan fingerprint density at radius 2 is 2.00 bits per heavy atom. The van der Waals surface area contributed by atoms with Gasteiger partial charge in [-0.3, -0.25) is 0 Å². The number of hydrogen-bond acceptors (Lipinski definition) is 2. The number of rotatable bonds is 3. The van der Waals surface area contributed by atoms with E-state index in [4.69, 9.17) is 17.3 Å². The van der Waals surface area contributed by atoms with E-state index in [1.807, 2.05) is 18.2 Å². The predicted molar refractivity (Wildman–Crippen MR) is 79.5 cm³/mol. The molecule has 18 heavy (non-hydrogen) atoms. The zero-order valence-electron chi connectivity index (χ0n) is 9.29. The van der Waals surface area contributed by atoms with E-state index in [1.54, 1.807) is 17.8 Å². The van der Waals surface area contributed by atoms with Gasteiger partial charge in [-0.15, -0.1) is 11.8 Å². The molecule has 0 unspecified atom stereocenters. The summed E-state index contributed by atoms with van der Waals surface area (Å²) in [7, 11) is 0. The molecule has 2 N–H and O–H groups in total. The fourth-order valence-corrected chi connectivity index (χ4v) is 3.36. The molecule has 0 fully saturated rings. The second kappa shape index (κ2) is 5.95. The summed E-state index contributed by atoms with van der Waals surface area (Å²) in [5.41, 5.74) is 7.16. The van der Waals surface area contributed by atoms with Gasteiger partial charge < -0.3 is 5.73 Å². The maximum Gasteiger partial charge on any atom is 0.123 e. The Balaban J connectivity index is 2.13. The SMILES string of the molecule is Nc1ccc(SCc2cc(F)ccc2Cl)c(Br)c1. The summed E-state index contributed by atoms with van der Waals surface area (Å²) >= 11 is 11.0. The minimum atomic E-state index is -0.272. The molecule has 0 aromatic heterocycles. The van der Waals surface area contributed by atoms with E-state index in [0.29, 0.717) is 16.5 Å². The molecule has 0 saturated carbocycles. The van der Waals surface area contributed by atoms with Crippen molar-refractivity contribution >= 4 is 45.0 Å². The van der Waals surface area contributed by atoms with Crippen LogP contribution < -0.4 is 5.73 Å². The van der Waals surface area contributed by atoms with Crippen LogP contribution in [0.3, 0.4) is 0 Å². The van der Waals surface area contributed by atoms with Gasteiger partial charge in [0.2, 0.25) is 0 Å². The fraction of sp³-hybridized carbons (Fsp3) is 0.0769. The van der Waals surface area contributed by atoms with E-state index in [9.17, 15) is 4.39 Å². The highest BCUT2D eigenvalue weighted by atomic mass is 79.9. The summed E-state index contributed by atoms with van der Waals surface area (Å²) in [6, 6.07) is 9.99. The molecule has 0 bridgehead atoms. The summed E-state index contributed by atoms with van der Waals surface area (Å²) in [4.78, 5) is 1.05. The van der Waals surface area contributed by atoms with E-state index in [-0.39, 0.29) is 5.82 Å². The first-order chi connectivity index (χ1) is 8.56. The molecule has 0 saturated heterocycles. The number of anilines is 1. The van der Waals surface area contributed by atoms with Crippen molar-refractivity contribution in [2.24, 2.45) is 0 Å². The average Bonchev–Trinajstić information content (AvgIpc) is 2.32. The van der Waals surface area contributed by atoms with Gasteiger partial charge in [0.25, 0.3) is 0 Å². The lowest BCUT2D eigenvalue weighted by molar-refractivity contribution is 0.626. The van der Waals surface area contributed by atoms with Gasteiger partial charge in [0.1, 0.15) is 5.82 Å².